The number of carbonyl (C=O) groups excluding carboxylic acids is 1. The lowest BCUT2D eigenvalue weighted by Gasteiger charge is -2.31. The van der Waals surface area contributed by atoms with Crippen molar-refractivity contribution in [1.82, 2.24) is 9.62 Å². The molecule has 29 heavy (non-hydrogen) atoms. The second-order valence-corrected chi connectivity index (χ2v) is 9.97. The molecule has 0 aliphatic carbocycles. The summed E-state index contributed by atoms with van der Waals surface area (Å²) in [6, 6.07) is 14.3. The quantitative estimate of drug-likeness (QED) is 0.616. The molecule has 1 aliphatic rings. The molecule has 2 aromatic rings. The Morgan fingerprint density at radius 3 is 2.72 bits per heavy atom. The third-order valence-corrected chi connectivity index (χ3v) is 7.27. The van der Waals surface area contributed by atoms with Crippen molar-refractivity contribution in [3.05, 3.63) is 58.6 Å². The summed E-state index contributed by atoms with van der Waals surface area (Å²) in [7, 11) is -3.60. The maximum absolute atomic E-state index is 12.9. The molecule has 8 heteroatoms. The number of benzene rings is 2. The standard InChI is InChI=1S/C21H25BrN2O4S/c1-16-4-2-6-19(14-16)28-13-11-23-21(25)17-5-3-12-24(15-17)29(26,27)20-9-7-18(22)8-10-20/h2,4,6-10,14,17H,3,5,11-13,15H2,1H3,(H,23,25). The number of rotatable bonds is 7. The van der Waals surface area contributed by atoms with Gasteiger partial charge in [-0.2, -0.15) is 4.31 Å². The number of ether oxygens (including phenoxy) is 1. The average molecular weight is 481 g/mol. The molecule has 0 bridgehead atoms. The first-order chi connectivity index (χ1) is 13.9. The predicted octanol–water partition coefficient (Wildman–Crippen LogP) is 3.35. The number of piperidine rings is 1. The van der Waals surface area contributed by atoms with Gasteiger partial charge < -0.3 is 10.1 Å². The molecule has 0 radical (unpaired) electrons. The molecule has 3 rings (SSSR count). The van der Waals surface area contributed by atoms with Crippen molar-refractivity contribution in [2.75, 3.05) is 26.2 Å². The van der Waals surface area contributed by atoms with Gasteiger partial charge in [0.15, 0.2) is 0 Å². The summed E-state index contributed by atoms with van der Waals surface area (Å²) in [5.41, 5.74) is 1.11. The first-order valence-electron chi connectivity index (χ1n) is 9.59. The number of amides is 1. The summed E-state index contributed by atoms with van der Waals surface area (Å²) in [5.74, 6) is 0.283. The van der Waals surface area contributed by atoms with Crippen molar-refractivity contribution >= 4 is 31.9 Å². The molecule has 0 saturated carbocycles. The average Bonchev–Trinajstić information content (AvgIpc) is 2.71. The molecule has 0 aromatic heterocycles. The zero-order chi connectivity index (χ0) is 20.9. The van der Waals surface area contributed by atoms with Crippen LogP contribution in [0.25, 0.3) is 0 Å². The van der Waals surface area contributed by atoms with Gasteiger partial charge in [-0.15, -0.1) is 0 Å². The number of carbonyl (C=O) groups is 1. The van der Waals surface area contributed by atoms with Gasteiger partial charge >= 0.3 is 0 Å². The van der Waals surface area contributed by atoms with Crippen molar-refractivity contribution in [2.45, 2.75) is 24.7 Å². The molecule has 0 spiro atoms. The Kier molecular flexibility index (Phi) is 7.32. The third kappa shape index (κ3) is 5.81. The predicted molar refractivity (Wildman–Crippen MR) is 115 cm³/mol. The molecule has 1 aliphatic heterocycles. The lowest BCUT2D eigenvalue weighted by Crippen LogP contribution is -2.45. The summed E-state index contributed by atoms with van der Waals surface area (Å²) in [6.45, 7) is 3.36. The van der Waals surface area contributed by atoms with Gasteiger partial charge in [-0.05, 0) is 61.7 Å². The molecular weight excluding hydrogens is 456 g/mol. The van der Waals surface area contributed by atoms with Crippen LogP contribution in [-0.2, 0) is 14.8 Å². The fourth-order valence-corrected chi connectivity index (χ4v) is 5.11. The maximum Gasteiger partial charge on any atom is 0.243 e. The molecule has 1 unspecified atom stereocenters. The van der Waals surface area contributed by atoms with E-state index in [-0.39, 0.29) is 23.3 Å². The highest BCUT2D eigenvalue weighted by molar-refractivity contribution is 9.10. The number of nitrogens with zero attached hydrogens (tertiary/aromatic N) is 1. The highest BCUT2D eigenvalue weighted by atomic mass is 79.9. The second-order valence-electron chi connectivity index (χ2n) is 7.11. The fourth-order valence-electron chi connectivity index (χ4n) is 3.32. The Morgan fingerprint density at radius 2 is 2.00 bits per heavy atom. The third-order valence-electron chi connectivity index (χ3n) is 4.87. The van der Waals surface area contributed by atoms with Gasteiger partial charge in [0.1, 0.15) is 12.4 Å². The van der Waals surface area contributed by atoms with Gasteiger partial charge in [-0.25, -0.2) is 8.42 Å². The fraction of sp³-hybridized carbons (Fsp3) is 0.381. The van der Waals surface area contributed by atoms with Crippen LogP contribution >= 0.6 is 15.9 Å². The zero-order valence-electron chi connectivity index (χ0n) is 16.3. The number of nitrogens with one attached hydrogen (secondary N) is 1. The van der Waals surface area contributed by atoms with E-state index in [1.54, 1.807) is 24.3 Å². The normalized spacial score (nSPS) is 17.7. The number of hydrogen-bond donors (Lipinski definition) is 1. The van der Waals surface area contributed by atoms with Crippen molar-refractivity contribution < 1.29 is 17.9 Å². The lowest BCUT2D eigenvalue weighted by atomic mass is 9.99. The summed E-state index contributed by atoms with van der Waals surface area (Å²) in [4.78, 5) is 12.8. The van der Waals surface area contributed by atoms with Crippen LogP contribution in [0, 0.1) is 12.8 Å². The summed E-state index contributed by atoms with van der Waals surface area (Å²) < 4.78 is 33.6. The van der Waals surface area contributed by atoms with E-state index < -0.39 is 10.0 Å². The number of aryl methyl sites for hydroxylation is 1. The second kappa shape index (κ2) is 9.73. The summed E-state index contributed by atoms with van der Waals surface area (Å²) >= 11 is 3.31. The monoisotopic (exact) mass is 480 g/mol. The maximum atomic E-state index is 12.9. The van der Waals surface area contributed by atoms with Crippen LogP contribution in [0.1, 0.15) is 18.4 Å². The minimum atomic E-state index is -3.60. The van der Waals surface area contributed by atoms with Crippen LogP contribution in [0.4, 0.5) is 0 Å². The largest absolute Gasteiger partial charge is 0.492 e. The molecule has 1 saturated heterocycles. The summed E-state index contributed by atoms with van der Waals surface area (Å²) in [5, 5.41) is 2.86. The molecule has 1 fully saturated rings. The van der Waals surface area contributed by atoms with Crippen molar-refractivity contribution in [2.24, 2.45) is 5.92 Å². The zero-order valence-corrected chi connectivity index (χ0v) is 18.7. The number of sulfonamides is 1. The molecular formula is C21H25BrN2O4S. The van der Waals surface area contributed by atoms with Crippen LogP contribution in [0.15, 0.2) is 57.9 Å². The topological polar surface area (TPSA) is 75.7 Å². The molecule has 1 atom stereocenters. The van der Waals surface area contributed by atoms with Crippen LogP contribution in [0.5, 0.6) is 5.75 Å². The molecule has 1 amide bonds. The Bertz CT molecular complexity index is 947. The van der Waals surface area contributed by atoms with E-state index in [0.29, 0.717) is 32.5 Å². The van der Waals surface area contributed by atoms with E-state index in [0.717, 1.165) is 15.8 Å². The van der Waals surface area contributed by atoms with Gasteiger partial charge in [0.2, 0.25) is 15.9 Å². The van der Waals surface area contributed by atoms with Crippen molar-refractivity contribution in [1.29, 1.82) is 0 Å². The van der Waals surface area contributed by atoms with Crippen LogP contribution in [0.2, 0.25) is 0 Å². The van der Waals surface area contributed by atoms with E-state index >= 15 is 0 Å². The molecule has 2 aromatic carbocycles. The van der Waals surface area contributed by atoms with Crippen molar-refractivity contribution in [3.63, 3.8) is 0 Å². The van der Waals surface area contributed by atoms with Gasteiger partial charge in [0.25, 0.3) is 0 Å². The SMILES string of the molecule is Cc1cccc(OCCNC(=O)C2CCCN(S(=O)(=O)c3ccc(Br)cc3)C2)c1. The van der Waals surface area contributed by atoms with E-state index in [1.165, 1.54) is 4.31 Å². The molecule has 6 nitrogen and oxygen atoms in total. The highest BCUT2D eigenvalue weighted by Gasteiger charge is 2.33. The van der Waals surface area contributed by atoms with E-state index in [2.05, 4.69) is 21.2 Å². The van der Waals surface area contributed by atoms with Gasteiger partial charge in [-0.1, -0.05) is 28.1 Å². The Labute approximate surface area is 180 Å². The number of hydrogen-bond acceptors (Lipinski definition) is 4. The lowest BCUT2D eigenvalue weighted by molar-refractivity contribution is -0.126. The first-order valence-corrected chi connectivity index (χ1v) is 11.8. The Morgan fingerprint density at radius 1 is 1.24 bits per heavy atom. The minimum absolute atomic E-state index is 0.131. The highest BCUT2D eigenvalue weighted by Crippen LogP contribution is 2.25. The Balaban J connectivity index is 1.51. The summed E-state index contributed by atoms with van der Waals surface area (Å²) in [6.07, 6.45) is 1.34. The van der Waals surface area contributed by atoms with E-state index in [4.69, 9.17) is 4.74 Å². The van der Waals surface area contributed by atoms with Crippen LogP contribution in [0.3, 0.4) is 0 Å². The Hall–Kier alpha value is -1.90. The minimum Gasteiger partial charge on any atom is -0.492 e. The van der Waals surface area contributed by atoms with E-state index in [1.807, 2.05) is 31.2 Å². The van der Waals surface area contributed by atoms with Gasteiger partial charge in [0.05, 0.1) is 17.4 Å². The molecule has 1 heterocycles. The smallest absolute Gasteiger partial charge is 0.243 e. The van der Waals surface area contributed by atoms with Crippen LogP contribution in [-0.4, -0.2) is 44.9 Å². The van der Waals surface area contributed by atoms with E-state index in [9.17, 15) is 13.2 Å². The molecule has 156 valence electrons. The van der Waals surface area contributed by atoms with Crippen LogP contribution < -0.4 is 10.1 Å². The van der Waals surface area contributed by atoms with Gasteiger partial charge in [-0.3, -0.25) is 4.79 Å². The van der Waals surface area contributed by atoms with Crippen molar-refractivity contribution in [3.8, 4) is 5.75 Å². The molecule has 1 N–H and O–H groups in total. The number of halogens is 1. The van der Waals surface area contributed by atoms with Gasteiger partial charge in [0, 0.05) is 17.6 Å². The first kappa shape index (κ1) is 21.8.